The zero-order valence-corrected chi connectivity index (χ0v) is 13.6. The van der Waals surface area contributed by atoms with E-state index in [-0.39, 0.29) is 6.54 Å². The second kappa shape index (κ2) is 7.35. The van der Waals surface area contributed by atoms with Gasteiger partial charge < -0.3 is 5.32 Å². The molecule has 0 atom stereocenters. The summed E-state index contributed by atoms with van der Waals surface area (Å²) in [6.07, 6.45) is 3.96. The Hall–Kier alpha value is -2.55. The Kier molecular flexibility index (Phi) is 5.45. The van der Waals surface area contributed by atoms with E-state index < -0.39 is 39.8 Å². The van der Waals surface area contributed by atoms with Gasteiger partial charge in [-0.25, -0.2) is 17.2 Å². The SMILES string of the molecule is CS(=O)(=O)N(CC(=O)NCc1cccnc1)c1ccc(F)cc1F. The summed E-state index contributed by atoms with van der Waals surface area (Å²) < 4.78 is 51.1. The third-order valence-electron chi connectivity index (χ3n) is 3.08. The van der Waals surface area contributed by atoms with Crippen molar-refractivity contribution < 1.29 is 22.0 Å². The van der Waals surface area contributed by atoms with Crippen molar-refractivity contribution in [3.05, 3.63) is 59.9 Å². The molecule has 1 aromatic heterocycles. The maximum atomic E-state index is 13.8. The molecule has 9 heteroatoms. The maximum Gasteiger partial charge on any atom is 0.241 e. The average Bonchev–Trinajstić information content (AvgIpc) is 2.51. The van der Waals surface area contributed by atoms with E-state index in [4.69, 9.17) is 0 Å². The molecule has 24 heavy (non-hydrogen) atoms. The lowest BCUT2D eigenvalue weighted by molar-refractivity contribution is -0.119. The number of halogens is 2. The van der Waals surface area contributed by atoms with Crippen LogP contribution in [0, 0.1) is 11.6 Å². The van der Waals surface area contributed by atoms with Crippen LogP contribution in [-0.4, -0.2) is 32.1 Å². The molecule has 2 rings (SSSR count). The highest BCUT2D eigenvalue weighted by atomic mass is 32.2. The van der Waals surface area contributed by atoms with E-state index in [0.29, 0.717) is 10.4 Å². The summed E-state index contributed by atoms with van der Waals surface area (Å²) in [4.78, 5) is 15.9. The van der Waals surface area contributed by atoms with Crippen LogP contribution in [0.1, 0.15) is 5.56 Å². The number of nitrogens with one attached hydrogen (secondary N) is 1. The molecule has 0 aliphatic heterocycles. The summed E-state index contributed by atoms with van der Waals surface area (Å²) >= 11 is 0. The maximum absolute atomic E-state index is 13.8. The van der Waals surface area contributed by atoms with Crippen molar-refractivity contribution in [2.24, 2.45) is 0 Å². The highest BCUT2D eigenvalue weighted by Crippen LogP contribution is 2.22. The second-order valence-corrected chi connectivity index (χ2v) is 6.91. The van der Waals surface area contributed by atoms with Gasteiger partial charge in [-0.05, 0) is 23.8 Å². The fourth-order valence-corrected chi connectivity index (χ4v) is 2.81. The van der Waals surface area contributed by atoms with Gasteiger partial charge in [0.25, 0.3) is 0 Å². The average molecular weight is 355 g/mol. The van der Waals surface area contributed by atoms with Crippen LogP contribution in [0.25, 0.3) is 0 Å². The van der Waals surface area contributed by atoms with Crippen molar-refractivity contribution in [2.75, 3.05) is 17.1 Å². The zero-order valence-electron chi connectivity index (χ0n) is 12.7. The van der Waals surface area contributed by atoms with Crippen LogP contribution in [0.15, 0.2) is 42.7 Å². The Morgan fingerprint density at radius 1 is 1.29 bits per heavy atom. The summed E-state index contributed by atoms with van der Waals surface area (Å²) in [7, 11) is -3.93. The molecule has 128 valence electrons. The number of sulfonamides is 1. The molecule has 1 amide bonds. The molecule has 1 heterocycles. The summed E-state index contributed by atoms with van der Waals surface area (Å²) in [6.45, 7) is -0.474. The smallest absolute Gasteiger partial charge is 0.241 e. The Bertz CT molecular complexity index is 829. The predicted molar refractivity (Wildman–Crippen MR) is 84.6 cm³/mol. The number of hydrogen-bond donors (Lipinski definition) is 1. The quantitative estimate of drug-likeness (QED) is 0.850. The standard InChI is InChI=1S/C15H15F2N3O3S/c1-24(22,23)20(14-5-4-12(16)7-13(14)17)10-15(21)19-9-11-3-2-6-18-8-11/h2-8H,9-10H2,1H3,(H,19,21). The van der Waals surface area contributed by atoms with E-state index in [0.717, 1.165) is 24.0 Å². The van der Waals surface area contributed by atoms with Crippen LogP contribution in [-0.2, 0) is 21.4 Å². The topological polar surface area (TPSA) is 79.4 Å². The Morgan fingerprint density at radius 3 is 2.62 bits per heavy atom. The van der Waals surface area contributed by atoms with Crippen molar-refractivity contribution in [2.45, 2.75) is 6.54 Å². The first-order valence-corrected chi connectivity index (χ1v) is 8.70. The van der Waals surface area contributed by atoms with Gasteiger partial charge in [0.1, 0.15) is 18.2 Å². The number of amides is 1. The number of nitrogens with zero attached hydrogens (tertiary/aromatic N) is 2. The van der Waals surface area contributed by atoms with Gasteiger partial charge in [-0.2, -0.15) is 0 Å². The number of benzene rings is 1. The number of aromatic nitrogens is 1. The van der Waals surface area contributed by atoms with E-state index >= 15 is 0 Å². The molecule has 0 saturated heterocycles. The monoisotopic (exact) mass is 355 g/mol. The Labute approximate surface area is 138 Å². The lowest BCUT2D eigenvalue weighted by atomic mass is 10.3. The number of rotatable bonds is 6. The molecule has 1 N–H and O–H groups in total. The van der Waals surface area contributed by atoms with Crippen molar-refractivity contribution >= 4 is 21.6 Å². The Morgan fingerprint density at radius 2 is 2.04 bits per heavy atom. The largest absolute Gasteiger partial charge is 0.350 e. The summed E-state index contributed by atoms with van der Waals surface area (Å²) in [6, 6.07) is 5.88. The third-order valence-corrected chi connectivity index (χ3v) is 4.20. The van der Waals surface area contributed by atoms with Crippen molar-refractivity contribution in [3.63, 3.8) is 0 Å². The zero-order chi connectivity index (χ0) is 17.7. The lowest BCUT2D eigenvalue weighted by Crippen LogP contribution is -2.40. The van der Waals surface area contributed by atoms with Crippen LogP contribution in [0.4, 0.5) is 14.5 Å². The van der Waals surface area contributed by atoms with Crippen LogP contribution in [0.2, 0.25) is 0 Å². The van der Waals surface area contributed by atoms with Gasteiger partial charge in [-0.3, -0.25) is 14.1 Å². The van der Waals surface area contributed by atoms with Gasteiger partial charge in [-0.1, -0.05) is 6.07 Å². The van der Waals surface area contributed by atoms with E-state index in [9.17, 15) is 22.0 Å². The van der Waals surface area contributed by atoms with Gasteiger partial charge in [-0.15, -0.1) is 0 Å². The van der Waals surface area contributed by atoms with Crippen LogP contribution < -0.4 is 9.62 Å². The molecule has 2 aromatic rings. The minimum absolute atomic E-state index is 0.149. The van der Waals surface area contributed by atoms with Crippen LogP contribution in [0.3, 0.4) is 0 Å². The van der Waals surface area contributed by atoms with E-state index in [1.165, 1.54) is 0 Å². The van der Waals surface area contributed by atoms with E-state index in [1.54, 1.807) is 24.5 Å². The minimum Gasteiger partial charge on any atom is -0.350 e. The number of hydrogen-bond acceptors (Lipinski definition) is 4. The number of carbonyl (C=O) groups is 1. The summed E-state index contributed by atoms with van der Waals surface area (Å²) in [5.74, 6) is -2.54. The predicted octanol–water partition coefficient (Wildman–Crippen LogP) is 1.44. The van der Waals surface area contributed by atoms with Gasteiger partial charge in [0.05, 0.1) is 11.9 Å². The molecule has 0 radical (unpaired) electrons. The number of pyridine rings is 1. The highest BCUT2D eigenvalue weighted by Gasteiger charge is 2.23. The van der Waals surface area contributed by atoms with Crippen molar-refractivity contribution in [1.82, 2.24) is 10.3 Å². The second-order valence-electron chi connectivity index (χ2n) is 5.00. The molecule has 0 bridgehead atoms. The third kappa shape index (κ3) is 4.72. The molecule has 0 spiro atoms. The van der Waals surface area contributed by atoms with Gasteiger partial charge >= 0.3 is 0 Å². The molecule has 6 nitrogen and oxygen atoms in total. The fourth-order valence-electron chi connectivity index (χ4n) is 1.95. The fraction of sp³-hybridized carbons (Fsp3) is 0.200. The first-order valence-electron chi connectivity index (χ1n) is 6.86. The highest BCUT2D eigenvalue weighted by molar-refractivity contribution is 7.92. The Balaban J connectivity index is 2.13. The minimum atomic E-state index is -3.93. The molecule has 0 aliphatic carbocycles. The molecular formula is C15H15F2N3O3S. The van der Waals surface area contributed by atoms with Crippen molar-refractivity contribution in [3.8, 4) is 0 Å². The summed E-state index contributed by atoms with van der Waals surface area (Å²) in [5.41, 5.74) is 0.333. The van der Waals surface area contributed by atoms with E-state index in [1.807, 2.05) is 0 Å². The first-order chi connectivity index (χ1) is 11.3. The van der Waals surface area contributed by atoms with Crippen molar-refractivity contribution in [1.29, 1.82) is 0 Å². The molecule has 0 fully saturated rings. The lowest BCUT2D eigenvalue weighted by Gasteiger charge is -2.22. The molecule has 0 saturated carbocycles. The normalized spacial score (nSPS) is 11.1. The summed E-state index contributed by atoms with van der Waals surface area (Å²) in [5, 5.41) is 2.52. The van der Waals surface area contributed by atoms with Gasteiger partial charge in [0, 0.05) is 25.0 Å². The van der Waals surface area contributed by atoms with E-state index in [2.05, 4.69) is 10.3 Å². The molecule has 1 aromatic carbocycles. The van der Waals surface area contributed by atoms with Crippen LogP contribution in [0.5, 0.6) is 0 Å². The first kappa shape index (κ1) is 17.8. The number of carbonyl (C=O) groups excluding carboxylic acids is 1. The molecule has 0 aliphatic rings. The molecular weight excluding hydrogens is 340 g/mol. The number of anilines is 1. The van der Waals surface area contributed by atoms with Gasteiger partial charge in [0.2, 0.25) is 15.9 Å². The van der Waals surface area contributed by atoms with Gasteiger partial charge in [0.15, 0.2) is 0 Å². The molecule has 0 unspecified atom stereocenters. The van der Waals surface area contributed by atoms with Crippen LogP contribution >= 0.6 is 0 Å².